The summed E-state index contributed by atoms with van der Waals surface area (Å²) in [6, 6.07) is 16.0. The zero-order chi connectivity index (χ0) is 14.5. The molecular formula is C20H25N. The maximum Gasteiger partial charge on any atom is 0.0205 e. The minimum atomic E-state index is 0.965. The van der Waals surface area contributed by atoms with Gasteiger partial charge in [0.1, 0.15) is 0 Å². The average molecular weight is 279 g/mol. The predicted molar refractivity (Wildman–Crippen MR) is 90.5 cm³/mol. The van der Waals surface area contributed by atoms with E-state index in [0.717, 1.165) is 13.1 Å². The van der Waals surface area contributed by atoms with Crippen LogP contribution in [0.2, 0.25) is 0 Å². The van der Waals surface area contributed by atoms with E-state index in [9.17, 15) is 0 Å². The van der Waals surface area contributed by atoms with Gasteiger partial charge in [-0.15, -0.1) is 0 Å². The lowest BCUT2D eigenvalue weighted by Gasteiger charge is -2.17. The number of nitrogens with one attached hydrogen (secondary N) is 1. The molecule has 0 aliphatic heterocycles. The van der Waals surface area contributed by atoms with Gasteiger partial charge in [-0.3, -0.25) is 0 Å². The molecular weight excluding hydrogens is 254 g/mol. The van der Waals surface area contributed by atoms with Crippen LogP contribution in [0.25, 0.3) is 11.1 Å². The number of benzene rings is 2. The summed E-state index contributed by atoms with van der Waals surface area (Å²) in [6.07, 6.45) is 6.39. The predicted octanol–water partition coefficient (Wildman–Crippen LogP) is 4.73. The maximum atomic E-state index is 3.48. The Morgan fingerprint density at radius 3 is 2.57 bits per heavy atom. The molecule has 21 heavy (non-hydrogen) atoms. The molecule has 1 aliphatic carbocycles. The summed E-state index contributed by atoms with van der Waals surface area (Å²) >= 11 is 0. The lowest BCUT2D eigenvalue weighted by atomic mass is 9.89. The molecule has 0 fully saturated rings. The molecule has 0 atom stereocenters. The molecule has 0 saturated carbocycles. The third-order valence-electron chi connectivity index (χ3n) is 4.36. The van der Waals surface area contributed by atoms with Gasteiger partial charge in [0.25, 0.3) is 0 Å². The summed E-state index contributed by atoms with van der Waals surface area (Å²) in [5, 5.41) is 3.48. The van der Waals surface area contributed by atoms with Crippen molar-refractivity contribution in [2.75, 3.05) is 6.54 Å². The van der Waals surface area contributed by atoms with Crippen molar-refractivity contribution in [1.82, 2.24) is 5.32 Å². The first-order valence-corrected chi connectivity index (χ1v) is 8.28. The number of rotatable bonds is 5. The maximum absolute atomic E-state index is 3.48. The van der Waals surface area contributed by atoms with Crippen molar-refractivity contribution < 1.29 is 0 Å². The van der Waals surface area contributed by atoms with Crippen LogP contribution in [0.3, 0.4) is 0 Å². The van der Waals surface area contributed by atoms with E-state index in [1.165, 1.54) is 48.8 Å². The van der Waals surface area contributed by atoms with E-state index in [1.54, 1.807) is 11.1 Å². The Kier molecular flexibility index (Phi) is 4.72. The summed E-state index contributed by atoms with van der Waals surface area (Å²) in [6.45, 7) is 4.26. The Labute approximate surface area is 128 Å². The van der Waals surface area contributed by atoms with Crippen LogP contribution in [-0.2, 0) is 19.4 Å². The first-order valence-electron chi connectivity index (χ1n) is 8.28. The standard InChI is InChI=1S/C20H25N/c1-2-12-21-15-16-6-5-9-18(13-16)20-11-10-17-7-3-4-8-19(17)14-20/h5-6,9-11,13-14,21H,2-4,7-8,12,15H2,1H3. The molecule has 1 N–H and O–H groups in total. The summed E-state index contributed by atoms with van der Waals surface area (Å²) in [4.78, 5) is 0. The zero-order valence-electron chi connectivity index (χ0n) is 13.0. The molecule has 1 aliphatic rings. The van der Waals surface area contributed by atoms with E-state index in [0.29, 0.717) is 0 Å². The van der Waals surface area contributed by atoms with Crippen molar-refractivity contribution in [2.45, 2.75) is 45.6 Å². The Hall–Kier alpha value is -1.60. The fourth-order valence-corrected chi connectivity index (χ4v) is 3.18. The third kappa shape index (κ3) is 3.54. The summed E-state index contributed by atoms with van der Waals surface area (Å²) < 4.78 is 0. The van der Waals surface area contributed by atoms with Crippen molar-refractivity contribution in [3.8, 4) is 11.1 Å². The van der Waals surface area contributed by atoms with Crippen LogP contribution in [0.5, 0.6) is 0 Å². The Morgan fingerprint density at radius 2 is 1.71 bits per heavy atom. The second kappa shape index (κ2) is 6.91. The van der Waals surface area contributed by atoms with Crippen LogP contribution in [0.4, 0.5) is 0 Å². The van der Waals surface area contributed by atoms with Gasteiger partial charge in [-0.1, -0.05) is 43.3 Å². The van der Waals surface area contributed by atoms with Crippen LogP contribution in [0.15, 0.2) is 42.5 Å². The van der Waals surface area contributed by atoms with Crippen LogP contribution < -0.4 is 5.32 Å². The molecule has 0 bridgehead atoms. The molecule has 3 rings (SSSR count). The first-order chi connectivity index (χ1) is 10.4. The highest BCUT2D eigenvalue weighted by molar-refractivity contribution is 5.65. The van der Waals surface area contributed by atoms with Gasteiger partial charge in [0.15, 0.2) is 0 Å². The van der Waals surface area contributed by atoms with Crippen molar-refractivity contribution >= 4 is 0 Å². The van der Waals surface area contributed by atoms with Gasteiger partial charge in [-0.25, -0.2) is 0 Å². The lowest BCUT2D eigenvalue weighted by molar-refractivity contribution is 0.675. The summed E-state index contributed by atoms with van der Waals surface area (Å²) in [5.74, 6) is 0. The van der Waals surface area contributed by atoms with Crippen LogP contribution in [0.1, 0.15) is 42.9 Å². The quantitative estimate of drug-likeness (QED) is 0.780. The van der Waals surface area contributed by atoms with Crippen molar-refractivity contribution in [3.63, 3.8) is 0 Å². The van der Waals surface area contributed by atoms with Crippen LogP contribution in [0, 0.1) is 0 Å². The highest BCUT2D eigenvalue weighted by atomic mass is 14.8. The average Bonchev–Trinajstić information content (AvgIpc) is 2.55. The number of aryl methyl sites for hydroxylation is 2. The Morgan fingerprint density at radius 1 is 0.905 bits per heavy atom. The molecule has 0 amide bonds. The SMILES string of the molecule is CCCNCc1cccc(-c2ccc3c(c2)CCCC3)c1. The molecule has 0 unspecified atom stereocenters. The van der Waals surface area contributed by atoms with Gasteiger partial charge in [-0.05, 0) is 72.5 Å². The second-order valence-electron chi connectivity index (χ2n) is 6.07. The number of fused-ring (bicyclic) bond motifs is 1. The molecule has 2 aromatic rings. The fourth-order valence-electron chi connectivity index (χ4n) is 3.18. The molecule has 110 valence electrons. The molecule has 0 aromatic heterocycles. The van der Waals surface area contributed by atoms with Crippen LogP contribution >= 0.6 is 0 Å². The molecule has 1 nitrogen and oxygen atoms in total. The van der Waals surface area contributed by atoms with Crippen LogP contribution in [-0.4, -0.2) is 6.54 Å². The molecule has 2 aromatic carbocycles. The highest BCUT2D eigenvalue weighted by Gasteiger charge is 2.10. The van der Waals surface area contributed by atoms with Crippen molar-refractivity contribution in [1.29, 1.82) is 0 Å². The molecule has 0 radical (unpaired) electrons. The Bertz CT molecular complexity index is 601. The summed E-state index contributed by atoms with van der Waals surface area (Å²) in [5.41, 5.74) is 7.21. The molecule has 0 spiro atoms. The second-order valence-corrected chi connectivity index (χ2v) is 6.07. The third-order valence-corrected chi connectivity index (χ3v) is 4.36. The van der Waals surface area contributed by atoms with Crippen molar-refractivity contribution in [2.24, 2.45) is 0 Å². The van der Waals surface area contributed by atoms with Gasteiger partial charge in [0.05, 0.1) is 0 Å². The Balaban J connectivity index is 1.81. The fraction of sp³-hybridized carbons (Fsp3) is 0.400. The van der Waals surface area contributed by atoms with Crippen molar-refractivity contribution in [3.05, 3.63) is 59.2 Å². The molecule has 0 saturated heterocycles. The molecule has 1 heteroatoms. The van der Waals surface area contributed by atoms with E-state index in [-0.39, 0.29) is 0 Å². The number of hydrogen-bond donors (Lipinski definition) is 1. The van der Waals surface area contributed by atoms with E-state index in [2.05, 4.69) is 54.7 Å². The minimum Gasteiger partial charge on any atom is -0.313 e. The van der Waals surface area contributed by atoms with E-state index >= 15 is 0 Å². The van der Waals surface area contributed by atoms with E-state index in [4.69, 9.17) is 0 Å². The van der Waals surface area contributed by atoms with Gasteiger partial charge >= 0.3 is 0 Å². The highest BCUT2D eigenvalue weighted by Crippen LogP contribution is 2.27. The first kappa shape index (κ1) is 14.3. The zero-order valence-corrected chi connectivity index (χ0v) is 13.0. The smallest absolute Gasteiger partial charge is 0.0205 e. The molecule has 0 heterocycles. The van der Waals surface area contributed by atoms with E-state index in [1.807, 2.05) is 0 Å². The normalized spacial score (nSPS) is 14.0. The topological polar surface area (TPSA) is 12.0 Å². The number of hydrogen-bond acceptors (Lipinski definition) is 1. The largest absolute Gasteiger partial charge is 0.313 e. The lowest BCUT2D eigenvalue weighted by Crippen LogP contribution is -2.13. The minimum absolute atomic E-state index is 0.965. The van der Waals surface area contributed by atoms with Gasteiger partial charge in [0, 0.05) is 6.54 Å². The summed E-state index contributed by atoms with van der Waals surface area (Å²) in [7, 11) is 0. The van der Waals surface area contributed by atoms with Gasteiger partial charge in [-0.2, -0.15) is 0 Å². The van der Waals surface area contributed by atoms with Gasteiger partial charge < -0.3 is 5.32 Å². The van der Waals surface area contributed by atoms with E-state index < -0.39 is 0 Å². The van der Waals surface area contributed by atoms with Gasteiger partial charge in [0.2, 0.25) is 0 Å². The monoisotopic (exact) mass is 279 g/mol.